The molecule has 0 spiro atoms. The van der Waals surface area contributed by atoms with Gasteiger partial charge in [-0.25, -0.2) is 0 Å². The molecule has 0 aromatic heterocycles. The van der Waals surface area contributed by atoms with E-state index in [9.17, 15) is 48.9 Å². The van der Waals surface area contributed by atoms with Gasteiger partial charge in [-0.3, -0.25) is 38.4 Å². The Hall–Kier alpha value is -12.3. The van der Waals surface area contributed by atoms with Gasteiger partial charge >= 0.3 is 0 Å². The summed E-state index contributed by atoms with van der Waals surface area (Å²) in [5.41, 5.74) is 6.62. The molecule has 4 heterocycles. The van der Waals surface area contributed by atoms with Crippen molar-refractivity contribution in [2.24, 2.45) is 35.5 Å². The number of nitrogens with zero attached hydrogens (tertiary/aromatic N) is 6. The molecule has 4 amide bonds. The van der Waals surface area contributed by atoms with Crippen molar-refractivity contribution in [1.82, 2.24) is 19.6 Å². The Kier molecular flexibility index (Phi) is 24.8. The van der Waals surface area contributed by atoms with Gasteiger partial charge < -0.3 is 38.5 Å². The molecular weight excluding hydrogens is 1450 g/mol. The quantitative estimate of drug-likeness (QED) is 0.0875. The molecule has 8 aliphatic rings. The van der Waals surface area contributed by atoms with E-state index in [1.165, 1.54) is 0 Å². The standard InChI is InChI=1S/2C25H24N2O3.C24H27NO3.C24H25NO3/c2*1-17-22-12-13-27(16-18-8-10-21(30-2)11-9-18)24(29)25(22,14-19(15-26)23(17)28)20-6-4-3-5-7-20;2*1-17-21-13-15-25(16-18-8-10-20(28-2)11-9-18)23(27)24(21,14-12-22(17)26)19-6-4-3-5-7-19/h2*3-11,14,17,22H,12-13,16H2,1-2H3;3-11,17,21H,12-16H2,1-2H3;3-11H,12-16H2,1-2H3/t2*17-,22-,25+;17-,21-,24+;/m100./s1. The van der Waals surface area contributed by atoms with Crippen molar-refractivity contribution in [2.45, 2.75) is 127 Å². The number of ketones is 4. The summed E-state index contributed by atoms with van der Waals surface area (Å²) in [6.45, 7) is 12.2. The van der Waals surface area contributed by atoms with Crippen LogP contribution in [0.5, 0.6) is 23.0 Å². The molecule has 18 heteroatoms. The number of hydrogen-bond donors (Lipinski definition) is 0. The minimum absolute atomic E-state index is 0.0483. The number of amides is 4. The number of allylic oxidation sites excluding steroid dienone is 3. The summed E-state index contributed by atoms with van der Waals surface area (Å²) in [6.07, 6.45) is 8.37. The van der Waals surface area contributed by atoms with Crippen LogP contribution in [-0.4, -0.2) is 121 Å². The second kappa shape index (κ2) is 35.2. The Labute approximate surface area is 680 Å². The molecule has 0 bridgehead atoms. The maximum Gasteiger partial charge on any atom is 0.237 e. The van der Waals surface area contributed by atoms with Crippen molar-refractivity contribution in [2.75, 3.05) is 54.6 Å². The maximum atomic E-state index is 14.0. The van der Waals surface area contributed by atoms with E-state index in [1.807, 2.05) is 266 Å². The lowest BCUT2D eigenvalue weighted by molar-refractivity contribution is -0.152. The van der Waals surface area contributed by atoms with Crippen LogP contribution >= 0.6 is 0 Å². The number of likely N-dealkylation sites (tertiary alicyclic amines) is 4. The molecule has 1 saturated carbocycles. The van der Waals surface area contributed by atoms with E-state index < -0.39 is 21.7 Å². The van der Waals surface area contributed by atoms with Crippen molar-refractivity contribution in [3.05, 3.63) is 297 Å². The number of carbonyl (C=O) groups excluding carboxylic acids is 8. The molecule has 4 saturated heterocycles. The summed E-state index contributed by atoms with van der Waals surface area (Å²) in [6, 6.07) is 74.4. The summed E-state index contributed by atoms with van der Waals surface area (Å²) in [7, 11) is 6.54. The molecular formula is C98H100N6O12. The fraction of sp³-hybridized carbons (Fsp3) is 0.347. The molecule has 4 aliphatic heterocycles. The smallest absolute Gasteiger partial charge is 0.237 e. The minimum Gasteiger partial charge on any atom is -0.497 e. The fourth-order valence-electron chi connectivity index (χ4n) is 19.6. The molecule has 4 aliphatic carbocycles. The summed E-state index contributed by atoms with van der Waals surface area (Å²) >= 11 is 0. The average molecular weight is 1550 g/mol. The van der Waals surface area contributed by atoms with Gasteiger partial charge in [0.15, 0.2) is 17.3 Å². The van der Waals surface area contributed by atoms with E-state index in [0.717, 1.165) is 91.5 Å². The van der Waals surface area contributed by atoms with Crippen LogP contribution in [0.1, 0.15) is 124 Å². The molecule has 18 nitrogen and oxygen atoms in total. The molecule has 594 valence electrons. The Balaban J connectivity index is 0.000000135. The molecule has 8 aromatic rings. The molecule has 5 fully saturated rings. The van der Waals surface area contributed by atoms with Crippen molar-refractivity contribution >= 4 is 46.8 Å². The molecule has 1 unspecified atom stereocenters. The van der Waals surface area contributed by atoms with Crippen LogP contribution in [0.3, 0.4) is 0 Å². The minimum atomic E-state index is -0.996. The Morgan fingerprint density at radius 2 is 0.707 bits per heavy atom. The number of rotatable bonds is 16. The van der Waals surface area contributed by atoms with Crippen LogP contribution in [0.4, 0.5) is 0 Å². The summed E-state index contributed by atoms with van der Waals surface area (Å²) in [4.78, 5) is 113. The number of nitriles is 2. The molecule has 10 atom stereocenters. The van der Waals surface area contributed by atoms with Gasteiger partial charge in [0.25, 0.3) is 0 Å². The van der Waals surface area contributed by atoms with Crippen molar-refractivity contribution in [3.8, 4) is 35.1 Å². The molecule has 16 rings (SSSR count). The van der Waals surface area contributed by atoms with Crippen LogP contribution in [0.2, 0.25) is 0 Å². The number of ether oxygens (including phenoxy) is 4. The van der Waals surface area contributed by atoms with Gasteiger partial charge in [0.2, 0.25) is 23.6 Å². The lowest BCUT2D eigenvalue weighted by Gasteiger charge is -2.52. The third kappa shape index (κ3) is 15.5. The number of Topliss-reactive ketones (excluding diaryl/α,β-unsaturated/α-hetero) is 4. The zero-order valence-corrected chi connectivity index (χ0v) is 67.3. The van der Waals surface area contributed by atoms with Gasteiger partial charge in [0, 0.05) is 83.0 Å². The zero-order valence-electron chi connectivity index (χ0n) is 67.3. The van der Waals surface area contributed by atoms with E-state index in [1.54, 1.807) is 40.6 Å². The predicted molar refractivity (Wildman–Crippen MR) is 441 cm³/mol. The highest BCUT2D eigenvalue weighted by atomic mass is 16.5. The lowest BCUT2D eigenvalue weighted by Crippen LogP contribution is -2.60. The fourth-order valence-corrected chi connectivity index (χ4v) is 19.6. The van der Waals surface area contributed by atoms with Crippen LogP contribution < -0.4 is 18.9 Å². The van der Waals surface area contributed by atoms with E-state index in [-0.39, 0.29) is 87.6 Å². The van der Waals surface area contributed by atoms with Crippen LogP contribution in [0.25, 0.3) is 0 Å². The van der Waals surface area contributed by atoms with Crippen LogP contribution in [0, 0.1) is 58.2 Å². The molecule has 0 radical (unpaired) electrons. The summed E-state index contributed by atoms with van der Waals surface area (Å²) in [5.74, 6) is 2.43. The largest absolute Gasteiger partial charge is 0.497 e. The number of methoxy groups -OCH3 is 4. The van der Waals surface area contributed by atoms with Crippen molar-refractivity contribution in [3.63, 3.8) is 0 Å². The van der Waals surface area contributed by atoms with E-state index in [4.69, 9.17) is 18.9 Å². The Bertz CT molecular complexity index is 4980. The molecule has 8 aromatic carbocycles. The average Bonchev–Trinajstić information content (AvgIpc) is 0.743. The number of benzene rings is 8. The highest BCUT2D eigenvalue weighted by Gasteiger charge is 2.60. The summed E-state index contributed by atoms with van der Waals surface area (Å²) < 4.78 is 20.9. The summed E-state index contributed by atoms with van der Waals surface area (Å²) in [5, 5.41) is 19.2. The van der Waals surface area contributed by atoms with E-state index in [0.29, 0.717) is 96.7 Å². The van der Waals surface area contributed by atoms with Crippen LogP contribution in [0.15, 0.2) is 253 Å². The maximum absolute atomic E-state index is 14.0. The number of hydrogen-bond acceptors (Lipinski definition) is 14. The van der Waals surface area contributed by atoms with Gasteiger partial charge in [-0.05, 0) is 180 Å². The SMILES string of the molecule is COc1ccc(CN2CCC3=C(C)C(=O)CCC3(c3ccccc3)C2=O)cc1.COc1ccc(CN2CC[C@@H]3[C@@H](C)C(=O)C(C#N)=C[C@@]3(c3ccccc3)C2=O)cc1.COc1ccc(CN2CC[C@H]3[C@H](C)C(=O)C(C#N)=C[C@]3(c3ccccc3)C2=O)cc1.COc1ccc(CN2CC[C@H]3[C@H](C)C(=O)CC[C@]3(c3ccccc3)C2=O)cc1. The predicted octanol–water partition coefficient (Wildman–Crippen LogP) is 15.3. The number of carbonyl (C=O) groups is 8. The normalized spacial score (nSPS) is 25.4. The first kappa shape index (κ1) is 81.7. The lowest BCUT2D eigenvalue weighted by atomic mass is 9.55. The first-order valence-corrected chi connectivity index (χ1v) is 40.2. The second-order valence-electron chi connectivity index (χ2n) is 31.7. The first-order chi connectivity index (χ1) is 56.1. The van der Waals surface area contributed by atoms with Crippen molar-refractivity contribution < 1.29 is 57.3 Å². The zero-order chi connectivity index (χ0) is 82.1. The monoisotopic (exact) mass is 1550 g/mol. The highest BCUT2D eigenvalue weighted by molar-refractivity contribution is 6.08. The number of piperidine rings is 4. The second-order valence-corrected chi connectivity index (χ2v) is 31.7. The topological polar surface area (TPSA) is 234 Å². The van der Waals surface area contributed by atoms with E-state index >= 15 is 0 Å². The van der Waals surface area contributed by atoms with Gasteiger partial charge in [-0.1, -0.05) is 191 Å². The van der Waals surface area contributed by atoms with Gasteiger partial charge in [-0.15, -0.1) is 0 Å². The van der Waals surface area contributed by atoms with Gasteiger partial charge in [0.05, 0.1) is 61.2 Å². The Morgan fingerprint density at radius 3 is 1.07 bits per heavy atom. The van der Waals surface area contributed by atoms with Crippen molar-refractivity contribution in [1.29, 1.82) is 10.5 Å². The van der Waals surface area contributed by atoms with Crippen LogP contribution in [-0.2, 0) is 86.2 Å². The third-order valence-electron chi connectivity index (χ3n) is 25.9. The third-order valence-corrected chi connectivity index (χ3v) is 25.9. The first-order valence-electron chi connectivity index (χ1n) is 40.2. The molecule has 0 N–H and O–H groups in total. The molecule has 116 heavy (non-hydrogen) atoms. The number of fused-ring (bicyclic) bond motifs is 4. The van der Waals surface area contributed by atoms with Gasteiger partial charge in [-0.2, -0.15) is 10.5 Å². The highest BCUT2D eigenvalue weighted by Crippen LogP contribution is 2.54. The Morgan fingerprint density at radius 1 is 0.371 bits per heavy atom. The van der Waals surface area contributed by atoms with E-state index in [2.05, 4.69) is 12.1 Å². The van der Waals surface area contributed by atoms with Gasteiger partial charge in [0.1, 0.15) is 40.9 Å².